The highest BCUT2D eigenvalue weighted by molar-refractivity contribution is 9.10. The highest BCUT2D eigenvalue weighted by atomic mass is 79.9. The minimum absolute atomic E-state index is 0.00341. The minimum atomic E-state index is -3.69. The summed E-state index contributed by atoms with van der Waals surface area (Å²) in [5.41, 5.74) is 0.940. The number of fused-ring (bicyclic) bond motifs is 1. The van der Waals surface area contributed by atoms with Crippen LogP contribution >= 0.6 is 15.9 Å². The number of carbonyl (C=O) groups excluding carboxylic acids is 1. The van der Waals surface area contributed by atoms with E-state index < -0.39 is 10.0 Å². The molecule has 122 valence electrons. The molecule has 0 aliphatic carbocycles. The van der Waals surface area contributed by atoms with E-state index in [4.69, 9.17) is 0 Å². The fourth-order valence-corrected chi connectivity index (χ4v) is 4.15. The molecule has 1 amide bonds. The molecule has 1 aliphatic heterocycles. The number of rotatable bonds is 3. The van der Waals surface area contributed by atoms with Crippen molar-refractivity contribution < 1.29 is 13.2 Å². The number of carbonyl (C=O) groups is 1. The van der Waals surface area contributed by atoms with Crippen molar-refractivity contribution in [3.05, 3.63) is 27.7 Å². The molecule has 1 heterocycles. The number of sulfonamides is 1. The minimum Gasteiger partial charge on any atom is -0.331 e. The van der Waals surface area contributed by atoms with Crippen molar-refractivity contribution in [3.63, 3.8) is 0 Å². The smallest absolute Gasteiger partial charge is 0.256 e. The summed E-state index contributed by atoms with van der Waals surface area (Å²) in [5, 5.41) is 0. The number of halogens is 1. The third kappa shape index (κ3) is 2.94. The summed E-state index contributed by atoms with van der Waals surface area (Å²) >= 11 is 3.33. The van der Waals surface area contributed by atoms with Gasteiger partial charge in [0.1, 0.15) is 0 Å². The highest BCUT2D eigenvalue weighted by Crippen LogP contribution is 2.36. The summed E-state index contributed by atoms with van der Waals surface area (Å²) in [4.78, 5) is 14.6. The Morgan fingerprint density at radius 1 is 1.32 bits per heavy atom. The molecular weight excluding hydrogens is 368 g/mol. The predicted octanol–water partition coefficient (Wildman–Crippen LogP) is 2.75. The maximum absolute atomic E-state index is 12.8. The lowest BCUT2D eigenvalue weighted by atomic mass is 9.87. The average Bonchev–Trinajstić information content (AvgIpc) is 2.72. The van der Waals surface area contributed by atoms with Gasteiger partial charge in [-0.1, -0.05) is 36.7 Å². The molecule has 1 atom stereocenters. The van der Waals surface area contributed by atoms with E-state index in [1.54, 1.807) is 4.90 Å². The third-order valence-corrected chi connectivity index (χ3v) is 6.14. The van der Waals surface area contributed by atoms with Gasteiger partial charge < -0.3 is 4.90 Å². The van der Waals surface area contributed by atoms with Gasteiger partial charge in [-0.25, -0.2) is 13.1 Å². The average molecular weight is 389 g/mol. The number of nitrogens with one attached hydrogen (secondary N) is 1. The molecule has 0 unspecified atom stereocenters. The molecule has 0 fully saturated rings. The Morgan fingerprint density at radius 2 is 1.91 bits per heavy atom. The first-order valence-electron chi connectivity index (χ1n) is 7.06. The van der Waals surface area contributed by atoms with E-state index in [0.29, 0.717) is 11.0 Å². The number of amides is 1. The van der Waals surface area contributed by atoms with Crippen LogP contribution in [-0.2, 0) is 16.6 Å². The van der Waals surface area contributed by atoms with Crippen molar-refractivity contribution >= 4 is 31.9 Å². The largest absolute Gasteiger partial charge is 0.331 e. The lowest BCUT2D eigenvalue weighted by molar-refractivity contribution is 0.0577. The summed E-state index contributed by atoms with van der Waals surface area (Å²) in [6.45, 7) is 8.61. The standard InChI is InChI=1S/C15H21BrN2O3S/c1-9(15(2,3)4)18-8-10-6-11(16)7-12(13(10)14(18)19)22(20,21)17-5/h6-7,9,17H,8H2,1-5H3/t9-/m0/s1. The zero-order chi connectivity index (χ0) is 16.9. The molecular formula is C15H21BrN2O3S. The molecule has 0 saturated carbocycles. The van der Waals surface area contributed by atoms with Crippen molar-refractivity contribution in [1.82, 2.24) is 9.62 Å². The van der Waals surface area contributed by atoms with Crippen molar-refractivity contribution in [2.45, 2.75) is 45.2 Å². The summed E-state index contributed by atoms with van der Waals surface area (Å²) in [5.74, 6) is -0.223. The van der Waals surface area contributed by atoms with Gasteiger partial charge in [-0.3, -0.25) is 4.79 Å². The Hall–Kier alpha value is -0.920. The normalized spacial score (nSPS) is 16.8. The van der Waals surface area contributed by atoms with Crippen LogP contribution in [0, 0.1) is 5.41 Å². The SMILES string of the molecule is CNS(=O)(=O)c1cc(Br)cc2c1C(=O)N([C@@H](C)C(C)(C)C)C2. The molecule has 0 radical (unpaired) electrons. The summed E-state index contributed by atoms with van der Waals surface area (Å²) in [7, 11) is -2.35. The van der Waals surface area contributed by atoms with E-state index in [0.717, 1.165) is 5.56 Å². The fraction of sp³-hybridized carbons (Fsp3) is 0.533. The van der Waals surface area contributed by atoms with Gasteiger partial charge in [0.25, 0.3) is 5.91 Å². The number of hydrogen-bond donors (Lipinski definition) is 1. The second kappa shape index (κ2) is 5.62. The molecule has 1 N–H and O–H groups in total. The van der Waals surface area contributed by atoms with Gasteiger partial charge >= 0.3 is 0 Å². The monoisotopic (exact) mass is 388 g/mol. The third-order valence-electron chi connectivity index (χ3n) is 4.24. The molecule has 22 heavy (non-hydrogen) atoms. The van der Waals surface area contributed by atoms with Crippen LogP contribution in [0.15, 0.2) is 21.5 Å². The van der Waals surface area contributed by atoms with Crippen LogP contribution in [0.3, 0.4) is 0 Å². The van der Waals surface area contributed by atoms with Crippen molar-refractivity contribution in [2.24, 2.45) is 5.41 Å². The Labute approximate surface area is 140 Å². The second-order valence-electron chi connectivity index (χ2n) is 6.62. The van der Waals surface area contributed by atoms with E-state index in [-0.39, 0.29) is 27.8 Å². The second-order valence-corrected chi connectivity index (χ2v) is 9.39. The van der Waals surface area contributed by atoms with Gasteiger partial charge in [0.15, 0.2) is 0 Å². The molecule has 1 aromatic carbocycles. The predicted molar refractivity (Wildman–Crippen MR) is 89.2 cm³/mol. The Balaban J connectivity index is 2.58. The van der Waals surface area contributed by atoms with Crippen molar-refractivity contribution in [1.29, 1.82) is 0 Å². The van der Waals surface area contributed by atoms with E-state index in [2.05, 4.69) is 41.4 Å². The van der Waals surface area contributed by atoms with Crippen LogP contribution in [0.25, 0.3) is 0 Å². The Morgan fingerprint density at radius 3 is 2.41 bits per heavy atom. The van der Waals surface area contributed by atoms with Gasteiger partial charge in [0.2, 0.25) is 10.0 Å². The van der Waals surface area contributed by atoms with Crippen molar-refractivity contribution in [3.8, 4) is 0 Å². The summed E-state index contributed by atoms with van der Waals surface area (Å²) in [6, 6.07) is 3.29. The summed E-state index contributed by atoms with van der Waals surface area (Å²) < 4.78 is 27.4. The van der Waals surface area contributed by atoms with Gasteiger partial charge in [-0.2, -0.15) is 0 Å². The van der Waals surface area contributed by atoms with Crippen LogP contribution < -0.4 is 4.72 Å². The Bertz CT molecular complexity index is 723. The first-order chi connectivity index (χ1) is 9.99. The van der Waals surface area contributed by atoms with Gasteiger partial charge in [-0.15, -0.1) is 0 Å². The van der Waals surface area contributed by atoms with Crippen LogP contribution in [0.2, 0.25) is 0 Å². The van der Waals surface area contributed by atoms with E-state index >= 15 is 0 Å². The van der Waals surface area contributed by atoms with Gasteiger partial charge in [0.05, 0.1) is 10.5 Å². The summed E-state index contributed by atoms with van der Waals surface area (Å²) in [6.07, 6.45) is 0. The number of hydrogen-bond acceptors (Lipinski definition) is 3. The quantitative estimate of drug-likeness (QED) is 0.865. The molecule has 0 bridgehead atoms. The number of nitrogens with zero attached hydrogens (tertiary/aromatic N) is 1. The molecule has 1 aliphatic rings. The van der Waals surface area contributed by atoms with Crippen LogP contribution in [0.5, 0.6) is 0 Å². The topological polar surface area (TPSA) is 66.5 Å². The van der Waals surface area contributed by atoms with Crippen LogP contribution in [-0.4, -0.2) is 32.3 Å². The van der Waals surface area contributed by atoms with E-state index in [1.165, 1.54) is 13.1 Å². The van der Waals surface area contributed by atoms with Crippen LogP contribution in [0.4, 0.5) is 0 Å². The maximum atomic E-state index is 12.8. The van der Waals surface area contributed by atoms with E-state index in [1.807, 2.05) is 13.0 Å². The first-order valence-corrected chi connectivity index (χ1v) is 9.33. The molecule has 5 nitrogen and oxygen atoms in total. The van der Waals surface area contributed by atoms with Crippen molar-refractivity contribution in [2.75, 3.05) is 7.05 Å². The van der Waals surface area contributed by atoms with Crippen LogP contribution in [0.1, 0.15) is 43.6 Å². The molecule has 2 rings (SSSR count). The first kappa shape index (κ1) is 17.4. The molecule has 1 aromatic rings. The molecule has 7 heteroatoms. The fourth-order valence-electron chi connectivity index (χ4n) is 2.50. The molecule has 0 aromatic heterocycles. The maximum Gasteiger partial charge on any atom is 0.256 e. The zero-order valence-electron chi connectivity index (χ0n) is 13.4. The number of benzene rings is 1. The lowest BCUT2D eigenvalue weighted by Gasteiger charge is -2.35. The Kier molecular flexibility index (Phi) is 4.45. The van der Waals surface area contributed by atoms with E-state index in [9.17, 15) is 13.2 Å². The molecule has 0 spiro atoms. The zero-order valence-corrected chi connectivity index (χ0v) is 15.8. The highest BCUT2D eigenvalue weighted by Gasteiger charge is 2.39. The molecule has 0 saturated heterocycles. The van der Waals surface area contributed by atoms with Gasteiger partial charge in [-0.05, 0) is 37.1 Å². The lowest BCUT2D eigenvalue weighted by Crippen LogP contribution is -2.42. The van der Waals surface area contributed by atoms with Gasteiger partial charge in [0, 0.05) is 17.1 Å².